The molecule has 1 heterocycles. The molecular formula is C26H29NO. The average Bonchev–Trinajstić information content (AvgIpc) is 2.75. The SMILES string of the molecule is CC[C@H]1[C@@H](c2ccccc2)N[C@H](c2ccccc2)C[C@]1(O)Cc1ccccc1. The van der Waals surface area contributed by atoms with Crippen molar-refractivity contribution in [1.29, 1.82) is 0 Å². The van der Waals surface area contributed by atoms with Crippen LogP contribution in [0.2, 0.25) is 0 Å². The summed E-state index contributed by atoms with van der Waals surface area (Å²) in [5, 5.41) is 15.9. The molecule has 0 spiro atoms. The molecule has 0 aliphatic carbocycles. The van der Waals surface area contributed by atoms with E-state index in [2.05, 4.69) is 91.1 Å². The lowest BCUT2D eigenvalue weighted by Gasteiger charge is -2.49. The first-order valence-corrected chi connectivity index (χ1v) is 10.3. The molecule has 2 nitrogen and oxygen atoms in total. The Kier molecular flexibility index (Phi) is 5.61. The van der Waals surface area contributed by atoms with Gasteiger partial charge in [-0.3, -0.25) is 0 Å². The topological polar surface area (TPSA) is 32.3 Å². The maximum atomic E-state index is 12.0. The normalized spacial score (nSPS) is 27.4. The van der Waals surface area contributed by atoms with Gasteiger partial charge in [0.25, 0.3) is 0 Å². The van der Waals surface area contributed by atoms with Crippen LogP contribution in [0.4, 0.5) is 0 Å². The Bertz CT molecular complexity index is 865. The van der Waals surface area contributed by atoms with Gasteiger partial charge in [0.1, 0.15) is 0 Å². The Morgan fingerprint density at radius 2 is 1.36 bits per heavy atom. The molecule has 2 N–H and O–H groups in total. The van der Waals surface area contributed by atoms with Crippen LogP contribution in [-0.2, 0) is 6.42 Å². The number of hydrogen-bond donors (Lipinski definition) is 2. The zero-order valence-corrected chi connectivity index (χ0v) is 16.5. The summed E-state index contributed by atoms with van der Waals surface area (Å²) in [6.45, 7) is 2.20. The molecule has 0 aromatic heterocycles. The molecule has 0 radical (unpaired) electrons. The van der Waals surface area contributed by atoms with E-state index < -0.39 is 5.60 Å². The van der Waals surface area contributed by atoms with Gasteiger partial charge in [0.2, 0.25) is 0 Å². The van der Waals surface area contributed by atoms with Crippen LogP contribution in [0.5, 0.6) is 0 Å². The number of benzene rings is 3. The van der Waals surface area contributed by atoms with Crippen LogP contribution in [0.15, 0.2) is 91.0 Å². The first-order valence-electron chi connectivity index (χ1n) is 10.3. The molecule has 1 aliphatic rings. The second-order valence-electron chi connectivity index (χ2n) is 8.00. The second-order valence-corrected chi connectivity index (χ2v) is 8.00. The average molecular weight is 372 g/mol. The summed E-state index contributed by atoms with van der Waals surface area (Å²) in [6.07, 6.45) is 2.33. The van der Waals surface area contributed by atoms with Crippen LogP contribution in [0.3, 0.4) is 0 Å². The Labute approximate surface area is 168 Å². The van der Waals surface area contributed by atoms with Crippen molar-refractivity contribution in [1.82, 2.24) is 5.32 Å². The predicted molar refractivity (Wildman–Crippen MR) is 115 cm³/mol. The summed E-state index contributed by atoms with van der Waals surface area (Å²) in [5.74, 6) is 0.148. The van der Waals surface area contributed by atoms with Gasteiger partial charge >= 0.3 is 0 Å². The van der Waals surface area contributed by atoms with Crippen LogP contribution in [0.1, 0.15) is 48.5 Å². The maximum Gasteiger partial charge on any atom is 0.0752 e. The van der Waals surface area contributed by atoms with E-state index in [0.29, 0.717) is 12.8 Å². The third-order valence-corrected chi connectivity index (χ3v) is 6.18. The van der Waals surface area contributed by atoms with E-state index in [9.17, 15) is 5.11 Å². The highest BCUT2D eigenvalue weighted by Gasteiger charge is 2.47. The molecule has 28 heavy (non-hydrogen) atoms. The van der Waals surface area contributed by atoms with E-state index in [1.165, 1.54) is 16.7 Å². The summed E-state index contributed by atoms with van der Waals surface area (Å²) in [6, 6.07) is 31.8. The fourth-order valence-electron chi connectivity index (χ4n) is 4.86. The highest BCUT2D eigenvalue weighted by atomic mass is 16.3. The third kappa shape index (κ3) is 3.89. The maximum absolute atomic E-state index is 12.0. The number of hydrogen-bond acceptors (Lipinski definition) is 2. The van der Waals surface area contributed by atoms with Gasteiger partial charge in [-0.2, -0.15) is 0 Å². The minimum absolute atomic E-state index is 0.124. The van der Waals surface area contributed by atoms with Crippen LogP contribution < -0.4 is 5.32 Å². The van der Waals surface area contributed by atoms with E-state index in [1.54, 1.807) is 0 Å². The summed E-state index contributed by atoms with van der Waals surface area (Å²) in [4.78, 5) is 0. The molecule has 0 unspecified atom stereocenters. The number of rotatable bonds is 5. The summed E-state index contributed by atoms with van der Waals surface area (Å²) in [5.41, 5.74) is 2.93. The van der Waals surface area contributed by atoms with Crippen molar-refractivity contribution in [3.05, 3.63) is 108 Å². The van der Waals surface area contributed by atoms with Gasteiger partial charge in [-0.15, -0.1) is 0 Å². The van der Waals surface area contributed by atoms with Crippen molar-refractivity contribution in [2.45, 2.75) is 43.9 Å². The number of piperidine rings is 1. The Morgan fingerprint density at radius 1 is 0.821 bits per heavy atom. The van der Waals surface area contributed by atoms with Gasteiger partial charge in [-0.1, -0.05) is 97.9 Å². The molecule has 0 saturated carbocycles. The summed E-state index contributed by atoms with van der Waals surface area (Å²) < 4.78 is 0. The van der Waals surface area contributed by atoms with E-state index in [-0.39, 0.29) is 18.0 Å². The molecule has 3 aromatic carbocycles. The molecule has 0 amide bonds. The van der Waals surface area contributed by atoms with Crippen LogP contribution >= 0.6 is 0 Å². The first-order chi connectivity index (χ1) is 13.7. The fraction of sp³-hybridized carbons (Fsp3) is 0.308. The van der Waals surface area contributed by atoms with Crippen molar-refractivity contribution >= 4 is 0 Å². The molecular weight excluding hydrogens is 342 g/mol. The van der Waals surface area contributed by atoms with Gasteiger partial charge in [-0.05, 0) is 29.5 Å². The fourth-order valence-corrected chi connectivity index (χ4v) is 4.86. The monoisotopic (exact) mass is 371 g/mol. The molecule has 1 aliphatic heterocycles. The largest absolute Gasteiger partial charge is 0.389 e. The van der Waals surface area contributed by atoms with Gasteiger partial charge in [0.05, 0.1) is 5.60 Å². The van der Waals surface area contributed by atoms with Gasteiger partial charge in [0, 0.05) is 24.4 Å². The van der Waals surface area contributed by atoms with Gasteiger partial charge in [-0.25, -0.2) is 0 Å². The van der Waals surface area contributed by atoms with E-state index in [1.807, 2.05) is 12.1 Å². The third-order valence-electron chi connectivity index (χ3n) is 6.18. The standard InChI is InChI=1S/C26H29NO/c1-2-23-25(22-16-10-5-11-17-22)27-24(21-14-8-4-9-15-21)19-26(23,28)18-20-12-6-3-7-13-20/h3-17,23-25,27-28H,2,18-19H2,1H3/t23-,24-,25+,26+/m0/s1. The minimum Gasteiger partial charge on any atom is -0.389 e. The molecule has 1 fully saturated rings. The molecule has 4 rings (SSSR count). The highest BCUT2D eigenvalue weighted by Crippen LogP contribution is 2.46. The lowest BCUT2D eigenvalue weighted by atomic mass is 9.67. The van der Waals surface area contributed by atoms with Gasteiger partial charge in [0.15, 0.2) is 0 Å². The van der Waals surface area contributed by atoms with Crippen molar-refractivity contribution < 1.29 is 5.11 Å². The Balaban J connectivity index is 1.73. The predicted octanol–water partition coefficient (Wildman–Crippen LogP) is 5.46. The lowest BCUT2D eigenvalue weighted by molar-refractivity contribution is -0.0761. The van der Waals surface area contributed by atoms with E-state index in [4.69, 9.17) is 0 Å². The minimum atomic E-state index is -0.762. The number of aliphatic hydroxyl groups is 1. The van der Waals surface area contributed by atoms with Crippen LogP contribution in [0.25, 0.3) is 0 Å². The molecule has 0 bridgehead atoms. The molecule has 3 aromatic rings. The van der Waals surface area contributed by atoms with Gasteiger partial charge < -0.3 is 10.4 Å². The van der Waals surface area contributed by atoms with E-state index in [0.717, 1.165) is 6.42 Å². The summed E-state index contributed by atoms with van der Waals surface area (Å²) in [7, 11) is 0. The molecule has 2 heteroatoms. The van der Waals surface area contributed by atoms with E-state index >= 15 is 0 Å². The van der Waals surface area contributed by atoms with Crippen molar-refractivity contribution in [3.63, 3.8) is 0 Å². The lowest BCUT2D eigenvalue weighted by Crippen LogP contribution is -2.54. The van der Waals surface area contributed by atoms with Crippen LogP contribution in [-0.4, -0.2) is 10.7 Å². The first kappa shape index (κ1) is 18.9. The van der Waals surface area contributed by atoms with Crippen LogP contribution in [0, 0.1) is 5.92 Å². The van der Waals surface area contributed by atoms with Crippen molar-refractivity contribution in [3.8, 4) is 0 Å². The zero-order chi connectivity index (χ0) is 19.4. The zero-order valence-electron chi connectivity index (χ0n) is 16.5. The molecule has 1 saturated heterocycles. The smallest absolute Gasteiger partial charge is 0.0752 e. The summed E-state index contributed by atoms with van der Waals surface area (Å²) >= 11 is 0. The molecule has 144 valence electrons. The molecule has 4 atom stereocenters. The number of nitrogens with one attached hydrogen (secondary N) is 1. The Morgan fingerprint density at radius 3 is 1.93 bits per heavy atom. The van der Waals surface area contributed by atoms with Crippen molar-refractivity contribution in [2.24, 2.45) is 5.92 Å². The Hall–Kier alpha value is -2.42. The van der Waals surface area contributed by atoms with Crippen molar-refractivity contribution in [2.75, 3.05) is 0 Å². The highest BCUT2D eigenvalue weighted by molar-refractivity contribution is 5.28. The quantitative estimate of drug-likeness (QED) is 0.624. The second kappa shape index (κ2) is 8.30.